The summed E-state index contributed by atoms with van der Waals surface area (Å²) < 4.78 is 26.5. The van der Waals surface area contributed by atoms with Crippen LogP contribution in [0.25, 0.3) is 10.9 Å². The third-order valence-corrected chi connectivity index (χ3v) is 8.00. The van der Waals surface area contributed by atoms with Gasteiger partial charge >= 0.3 is 0 Å². The summed E-state index contributed by atoms with van der Waals surface area (Å²) in [6, 6.07) is 11.4. The number of aromatic nitrogens is 1. The van der Waals surface area contributed by atoms with E-state index >= 15 is 0 Å². The molecule has 3 N–H and O–H groups in total. The summed E-state index contributed by atoms with van der Waals surface area (Å²) >= 11 is 0. The topological polar surface area (TPSA) is 79.8 Å². The molecule has 2 aromatic carbocycles. The number of piperidine rings is 2. The molecule has 37 heavy (non-hydrogen) atoms. The Labute approximate surface area is 215 Å². The third-order valence-electron chi connectivity index (χ3n) is 8.00. The highest BCUT2D eigenvalue weighted by Gasteiger charge is 2.39. The average molecular weight is 510 g/mol. The predicted octanol–water partition coefficient (Wildman–Crippen LogP) is 4.21. The van der Waals surface area contributed by atoms with E-state index in [2.05, 4.69) is 34.3 Å². The number of hydrogen-bond donors (Lipinski definition) is 3. The van der Waals surface area contributed by atoms with Crippen LogP contribution in [0.15, 0.2) is 60.9 Å². The highest BCUT2D eigenvalue weighted by molar-refractivity contribution is 6.04. The number of aromatic amines is 1. The van der Waals surface area contributed by atoms with Crippen LogP contribution in [0.1, 0.15) is 47.5 Å². The van der Waals surface area contributed by atoms with Gasteiger partial charge in [0.15, 0.2) is 17.4 Å². The van der Waals surface area contributed by atoms with Gasteiger partial charge in [0.2, 0.25) is 0 Å². The normalized spacial score (nSPS) is 20.1. The Morgan fingerprint density at radius 2 is 1.81 bits per heavy atom. The first-order chi connectivity index (χ1) is 17.8. The first-order valence-electron chi connectivity index (χ1n) is 12.9. The number of aliphatic hydroxyl groups is 2. The van der Waals surface area contributed by atoms with E-state index in [0.717, 1.165) is 43.6 Å². The number of halogens is 2. The van der Waals surface area contributed by atoms with Gasteiger partial charge < -0.3 is 25.0 Å². The van der Waals surface area contributed by atoms with Crippen LogP contribution >= 0.6 is 0 Å². The zero-order chi connectivity index (χ0) is 26.0. The van der Waals surface area contributed by atoms with E-state index in [1.54, 1.807) is 6.20 Å². The number of nitrogens with one attached hydrogen (secondary N) is 1. The summed E-state index contributed by atoms with van der Waals surface area (Å²) in [4.78, 5) is 19.8. The fourth-order valence-electron chi connectivity index (χ4n) is 5.59. The lowest BCUT2D eigenvalue weighted by Gasteiger charge is -2.43. The van der Waals surface area contributed by atoms with Crippen molar-refractivity contribution in [3.8, 4) is 0 Å². The zero-order valence-corrected chi connectivity index (χ0v) is 20.7. The van der Waals surface area contributed by atoms with Gasteiger partial charge in [0, 0.05) is 54.6 Å². The molecule has 2 saturated heterocycles. The molecule has 0 saturated carbocycles. The summed E-state index contributed by atoms with van der Waals surface area (Å²) in [7, 11) is 0. The number of carbonyl (C=O) groups excluding carboxylic acids is 1. The number of fused-ring (bicyclic) bond motifs is 1. The molecule has 0 aliphatic carbocycles. The van der Waals surface area contributed by atoms with E-state index in [1.165, 1.54) is 23.1 Å². The van der Waals surface area contributed by atoms with Crippen molar-refractivity contribution in [2.75, 3.05) is 32.7 Å². The minimum absolute atomic E-state index is 0.0764. The molecule has 2 aliphatic heterocycles. The molecule has 1 aromatic heterocycles. The quantitative estimate of drug-likeness (QED) is 0.329. The molecule has 8 heteroatoms. The molecule has 3 aromatic rings. The Bertz CT molecular complexity index is 1270. The highest BCUT2D eigenvalue weighted by atomic mass is 19.2. The Morgan fingerprint density at radius 3 is 2.54 bits per heavy atom. The molecule has 196 valence electrons. The number of rotatable bonds is 7. The number of β-amino-alcohol motifs (C(OH)–C–C–N with tert-alkyl or cyclic N) is 1. The molecule has 0 spiro atoms. The van der Waals surface area contributed by atoms with Crippen LogP contribution in [0.3, 0.4) is 0 Å². The first-order valence-corrected chi connectivity index (χ1v) is 12.9. The molecule has 2 aliphatic rings. The Kier molecular flexibility index (Phi) is 7.42. The van der Waals surface area contributed by atoms with Gasteiger partial charge in [-0.3, -0.25) is 4.79 Å². The number of likely N-dealkylation sites (tertiary alicyclic amines) is 2. The van der Waals surface area contributed by atoms with Crippen molar-refractivity contribution in [1.82, 2.24) is 14.8 Å². The minimum Gasteiger partial charge on any atom is -0.389 e. The summed E-state index contributed by atoms with van der Waals surface area (Å²) in [6.45, 7) is 3.15. The van der Waals surface area contributed by atoms with Crippen LogP contribution in [0.2, 0.25) is 0 Å². The molecule has 5 rings (SSSR count). The summed E-state index contributed by atoms with van der Waals surface area (Å²) in [5.41, 5.74) is 1.42. The minimum atomic E-state index is -1.18. The Balaban J connectivity index is 1.09. The second-order valence-electron chi connectivity index (χ2n) is 10.3. The maximum absolute atomic E-state index is 13.4. The second-order valence-corrected chi connectivity index (χ2v) is 10.3. The van der Waals surface area contributed by atoms with Crippen LogP contribution < -0.4 is 0 Å². The number of ketones is 1. The lowest BCUT2D eigenvalue weighted by molar-refractivity contribution is -0.114. The van der Waals surface area contributed by atoms with E-state index in [0.29, 0.717) is 38.4 Å². The van der Waals surface area contributed by atoms with E-state index in [4.69, 9.17) is 0 Å². The molecule has 6 nitrogen and oxygen atoms in total. The van der Waals surface area contributed by atoms with Crippen LogP contribution in [0, 0.1) is 11.6 Å². The fraction of sp³-hybridized carbons (Fsp3) is 0.414. The number of nitrogens with zero attached hydrogens (tertiary/aromatic N) is 2. The lowest BCUT2D eigenvalue weighted by Crippen LogP contribution is -2.54. The molecule has 0 radical (unpaired) electrons. The van der Waals surface area contributed by atoms with Gasteiger partial charge in [-0.05, 0) is 74.5 Å². The summed E-state index contributed by atoms with van der Waals surface area (Å²) in [5, 5.41) is 23.3. The van der Waals surface area contributed by atoms with Gasteiger partial charge in [0.1, 0.15) is 0 Å². The average Bonchev–Trinajstić information content (AvgIpc) is 3.34. The molecule has 0 amide bonds. The SMILES string of the molecule is O=C(C=CN1CCC(O)(C(O)CN2CCC(c3c[nH]c4ccccc34)CC2)CC1)c1ccc(F)c(F)c1. The highest BCUT2D eigenvalue weighted by Crippen LogP contribution is 2.34. The van der Waals surface area contributed by atoms with Crippen LogP contribution in [-0.2, 0) is 0 Å². The molecule has 3 heterocycles. The maximum atomic E-state index is 13.4. The number of allylic oxidation sites excluding steroid dienone is 1. The van der Waals surface area contributed by atoms with E-state index in [1.807, 2.05) is 11.0 Å². The van der Waals surface area contributed by atoms with Crippen LogP contribution in [0.5, 0.6) is 0 Å². The van der Waals surface area contributed by atoms with Gasteiger partial charge in [0.05, 0.1) is 11.7 Å². The zero-order valence-electron chi connectivity index (χ0n) is 20.7. The smallest absolute Gasteiger partial charge is 0.187 e. The van der Waals surface area contributed by atoms with Gasteiger partial charge in [-0.25, -0.2) is 8.78 Å². The fourth-order valence-corrected chi connectivity index (χ4v) is 5.59. The number of H-pyrrole nitrogens is 1. The number of benzene rings is 2. The molecule has 1 unspecified atom stereocenters. The van der Waals surface area contributed by atoms with Crippen molar-refractivity contribution in [3.05, 3.63) is 83.7 Å². The molecular weight excluding hydrogens is 476 g/mol. The van der Waals surface area contributed by atoms with E-state index in [-0.39, 0.29) is 5.56 Å². The van der Waals surface area contributed by atoms with Crippen molar-refractivity contribution in [3.63, 3.8) is 0 Å². The van der Waals surface area contributed by atoms with Crippen LogP contribution in [0.4, 0.5) is 8.78 Å². The van der Waals surface area contributed by atoms with Gasteiger partial charge in [0.25, 0.3) is 0 Å². The molecule has 2 fully saturated rings. The van der Waals surface area contributed by atoms with Crippen molar-refractivity contribution in [2.24, 2.45) is 0 Å². The second kappa shape index (κ2) is 10.7. The van der Waals surface area contributed by atoms with Gasteiger partial charge in [-0.1, -0.05) is 18.2 Å². The molecule has 0 bridgehead atoms. The first kappa shape index (κ1) is 25.6. The maximum Gasteiger partial charge on any atom is 0.187 e. The number of para-hydroxylation sites is 1. The molecular formula is C29H33F2N3O3. The van der Waals surface area contributed by atoms with Crippen molar-refractivity contribution in [1.29, 1.82) is 0 Å². The van der Waals surface area contributed by atoms with Crippen molar-refractivity contribution >= 4 is 16.7 Å². The predicted molar refractivity (Wildman–Crippen MR) is 138 cm³/mol. The summed E-state index contributed by atoms with van der Waals surface area (Å²) in [6.07, 6.45) is 6.99. The largest absolute Gasteiger partial charge is 0.389 e. The Hall–Kier alpha value is -3.07. The summed E-state index contributed by atoms with van der Waals surface area (Å²) in [5.74, 6) is -1.99. The number of hydrogen-bond acceptors (Lipinski definition) is 5. The van der Waals surface area contributed by atoms with Crippen molar-refractivity contribution < 1.29 is 23.8 Å². The van der Waals surface area contributed by atoms with E-state index in [9.17, 15) is 23.8 Å². The van der Waals surface area contributed by atoms with Gasteiger partial charge in [-0.2, -0.15) is 0 Å². The van der Waals surface area contributed by atoms with Crippen molar-refractivity contribution in [2.45, 2.75) is 43.3 Å². The number of aliphatic hydroxyl groups excluding tert-OH is 1. The Morgan fingerprint density at radius 1 is 1.08 bits per heavy atom. The monoisotopic (exact) mass is 509 g/mol. The number of carbonyl (C=O) groups is 1. The van der Waals surface area contributed by atoms with E-state index < -0.39 is 29.1 Å². The molecule has 1 atom stereocenters. The van der Waals surface area contributed by atoms with Crippen LogP contribution in [-0.4, -0.2) is 75.2 Å². The standard InChI is InChI=1S/C29H33F2N3O3/c30-24-6-5-21(17-25(24)31)27(35)9-14-33-15-10-29(37,11-16-33)28(36)19-34-12-7-20(8-13-34)23-18-32-26-4-2-1-3-22(23)26/h1-6,9,14,17-18,20,28,32,36-37H,7-8,10-13,15-16,19H2. The third kappa shape index (κ3) is 5.61. The lowest BCUT2D eigenvalue weighted by atomic mass is 9.84. The van der Waals surface area contributed by atoms with Gasteiger partial charge in [-0.15, -0.1) is 0 Å².